The van der Waals surface area contributed by atoms with Crippen molar-refractivity contribution in [3.05, 3.63) is 81.9 Å². The molecule has 0 spiro atoms. The van der Waals surface area contributed by atoms with Crippen LogP contribution < -0.4 is 5.32 Å². The third-order valence-corrected chi connectivity index (χ3v) is 2.84. The number of nitrogens with one attached hydrogen (secondary N) is 1. The summed E-state index contributed by atoms with van der Waals surface area (Å²) in [7, 11) is 0. The Hall–Kier alpha value is -2.95. The van der Waals surface area contributed by atoms with Crippen LogP contribution in [-0.4, -0.2) is 10.8 Å². The van der Waals surface area contributed by atoms with Gasteiger partial charge in [0.05, 0.1) is 4.92 Å². The Bertz CT molecular complexity index is 649. The van der Waals surface area contributed by atoms with Gasteiger partial charge >= 0.3 is 0 Å². The molecule has 0 aliphatic heterocycles. The molecule has 2 aromatic rings. The van der Waals surface area contributed by atoms with Crippen molar-refractivity contribution in [3.8, 4) is 0 Å². The first-order valence-corrected chi connectivity index (χ1v) is 6.39. The molecule has 2 aromatic carbocycles. The second kappa shape index (κ2) is 7.00. The standard InChI is InChI=1S/C16H14N2O3/c19-16(17-12-14-4-2-1-3-5-14)11-8-13-6-9-15(10-7-13)18(20)21/h1-11H,12H2,(H,17,19). The zero-order valence-corrected chi connectivity index (χ0v) is 11.2. The average Bonchev–Trinajstić information content (AvgIpc) is 2.52. The van der Waals surface area contributed by atoms with Crippen LogP contribution in [-0.2, 0) is 11.3 Å². The van der Waals surface area contributed by atoms with Crippen molar-refractivity contribution in [1.82, 2.24) is 5.32 Å². The minimum absolute atomic E-state index is 0.0284. The maximum absolute atomic E-state index is 11.7. The van der Waals surface area contributed by atoms with E-state index >= 15 is 0 Å². The molecule has 2 rings (SSSR count). The number of benzene rings is 2. The summed E-state index contributed by atoms with van der Waals surface area (Å²) in [4.78, 5) is 21.7. The van der Waals surface area contributed by atoms with E-state index in [4.69, 9.17) is 0 Å². The summed E-state index contributed by atoms with van der Waals surface area (Å²) in [6, 6.07) is 15.6. The first-order valence-electron chi connectivity index (χ1n) is 6.39. The number of carbonyl (C=O) groups is 1. The second-order valence-electron chi connectivity index (χ2n) is 4.39. The molecular weight excluding hydrogens is 268 g/mol. The van der Waals surface area contributed by atoms with Gasteiger partial charge in [-0.1, -0.05) is 30.3 Å². The fraction of sp³-hybridized carbons (Fsp3) is 0.0625. The number of hydrogen-bond acceptors (Lipinski definition) is 3. The first-order chi connectivity index (χ1) is 10.1. The lowest BCUT2D eigenvalue weighted by Gasteiger charge is -2.01. The third kappa shape index (κ3) is 4.58. The fourth-order valence-electron chi connectivity index (χ4n) is 1.72. The molecule has 0 bridgehead atoms. The van der Waals surface area contributed by atoms with E-state index in [-0.39, 0.29) is 11.6 Å². The SMILES string of the molecule is O=C(C=Cc1ccc([N+](=O)[O-])cc1)NCc1ccccc1. The molecule has 0 atom stereocenters. The van der Waals surface area contributed by atoms with Gasteiger partial charge in [0, 0.05) is 24.8 Å². The Kier molecular flexibility index (Phi) is 4.82. The largest absolute Gasteiger partial charge is 0.348 e. The summed E-state index contributed by atoms with van der Waals surface area (Å²) in [5.74, 6) is -0.211. The van der Waals surface area contributed by atoms with Crippen LogP contribution in [0.4, 0.5) is 5.69 Å². The van der Waals surface area contributed by atoms with Crippen molar-refractivity contribution in [1.29, 1.82) is 0 Å². The zero-order valence-electron chi connectivity index (χ0n) is 11.2. The molecule has 5 nitrogen and oxygen atoms in total. The summed E-state index contributed by atoms with van der Waals surface area (Å²) in [6.07, 6.45) is 3.02. The summed E-state index contributed by atoms with van der Waals surface area (Å²) in [5, 5.41) is 13.3. The van der Waals surface area contributed by atoms with Gasteiger partial charge in [0.25, 0.3) is 5.69 Å². The van der Waals surface area contributed by atoms with Gasteiger partial charge in [-0.25, -0.2) is 0 Å². The molecule has 0 aliphatic rings. The number of rotatable bonds is 5. The lowest BCUT2D eigenvalue weighted by molar-refractivity contribution is -0.384. The topological polar surface area (TPSA) is 72.2 Å². The summed E-state index contributed by atoms with van der Waals surface area (Å²) in [6.45, 7) is 0.463. The molecule has 0 aromatic heterocycles. The second-order valence-corrected chi connectivity index (χ2v) is 4.39. The molecule has 0 saturated carbocycles. The smallest absolute Gasteiger partial charge is 0.269 e. The van der Waals surface area contributed by atoms with Gasteiger partial charge in [-0.3, -0.25) is 14.9 Å². The summed E-state index contributed by atoms with van der Waals surface area (Å²) >= 11 is 0. The van der Waals surface area contributed by atoms with Crippen LogP contribution in [0.2, 0.25) is 0 Å². The van der Waals surface area contributed by atoms with Crippen molar-refractivity contribution < 1.29 is 9.72 Å². The lowest BCUT2D eigenvalue weighted by atomic mass is 10.2. The maximum Gasteiger partial charge on any atom is 0.269 e. The highest BCUT2D eigenvalue weighted by atomic mass is 16.6. The van der Waals surface area contributed by atoms with E-state index in [2.05, 4.69) is 5.32 Å². The first kappa shape index (κ1) is 14.5. The molecule has 106 valence electrons. The van der Waals surface area contributed by atoms with E-state index in [0.717, 1.165) is 11.1 Å². The predicted molar refractivity (Wildman–Crippen MR) is 80.4 cm³/mol. The number of amides is 1. The monoisotopic (exact) mass is 282 g/mol. The van der Waals surface area contributed by atoms with E-state index in [9.17, 15) is 14.9 Å². The van der Waals surface area contributed by atoms with Crippen LogP contribution in [0.3, 0.4) is 0 Å². The summed E-state index contributed by atoms with van der Waals surface area (Å²) in [5.41, 5.74) is 1.78. The Morgan fingerprint density at radius 3 is 2.38 bits per heavy atom. The molecule has 1 amide bonds. The highest BCUT2D eigenvalue weighted by Crippen LogP contribution is 2.12. The van der Waals surface area contributed by atoms with Gasteiger partial charge in [-0.15, -0.1) is 0 Å². The van der Waals surface area contributed by atoms with Crippen LogP contribution in [0.25, 0.3) is 6.08 Å². The van der Waals surface area contributed by atoms with Crippen molar-refractivity contribution in [2.45, 2.75) is 6.54 Å². The van der Waals surface area contributed by atoms with Gasteiger partial charge in [0.15, 0.2) is 0 Å². The average molecular weight is 282 g/mol. The highest BCUT2D eigenvalue weighted by molar-refractivity contribution is 5.91. The number of nitro groups is 1. The molecule has 0 saturated heterocycles. The molecule has 0 aliphatic carbocycles. The minimum Gasteiger partial charge on any atom is -0.348 e. The molecule has 5 heteroatoms. The lowest BCUT2D eigenvalue weighted by Crippen LogP contribution is -2.20. The Balaban J connectivity index is 1.88. The Morgan fingerprint density at radius 1 is 1.10 bits per heavy atom. The number of nitrogens with zero attached hydrogens (tertiary/aromatic N) is 1. The van der Waals surface area contributed by atoms with Crippen molar-refractivity contribution in [2.24, 2.45) is 0 Å². The van der Waals surface area contributed by atoms with Crippen molar-refractivity contribution >= 4 is 17.7 Å². The van der Waals surface area contributed by atoms with Crippen LogP contribution >= 0.6 is 0 Å². The Labute approximate surface area is 122 Å². The van der Waals surface area contributed by atoms with E-state index in [1.807, 2.05) is 30.3 Å². The maximum atomic E-state index is 11.7. The normalized spacial score (nSPS) is 10.5. The zero-order chi connectivity index (χ0) is 15.1. The Morgan fingerprint density at radius 2 is 1.76 bits per heavy atom. The minimum atomic E-state index is -0.458. The molecule has 0 fully saturated rings. The predicted octanol–water partition coefficient (Wildman–Crippen LogP) is 2.92. The van der Waals surface area contributed by atoms with Crippen LogP contribution in [0.5, 0.6) is 0 Å². The van der Waals surface area contributed by atoms with E-state index in [1.165, 1.54) is 18.2 Å². The number of carbonyl (C=O) groups excluding carboxylic acids is 1. The molecule has 1 N–H and O–H groups in total. The van der Waals surface area contributed by atoms with Crippen LogP contribution in [0, 0.1) is 10.1 Å². The third-order valence-electron chi connectivity index (χ3n) is 2.84. The van der Waals surface area contributed by atoms with Gasteiger partial charge in [-0.05, 0) is 29.3 Å². The number of hydrogen-bond donors (Lipinski definition) is 1. The van der Waals surface area contributed by atoms with E-state index < -0.39 is 4.92 Å². The molecule has 21 heavy (non-hydrogen) atoms. The van der Waals surface area contributed by atoms with Gasteiger partial charge in [-0.2, -0.15) is 0 Å². The highest BCUT2D eigenvalue weighted by Gasteiger charge is 2.02. The van der Waals surface area contributed by atoms with Crippen molar-refractivity contribution in [2.75, 3.05) is 0 Å². The number of nitro benzene ring substituents is 1. The van der Waals surface area contributed by atoms with Crippen LogP contribution in [0.1, 0.15) is 11.1 Å². The number of non-ortho nitro benzene ring substituents is 1. The quantitative estimate of drug-likeness (QED) is 0.520. The van der Waals surface area contributed by atoms with Crippen LogP contribution in [0.15, 0.2) is 60.7 Å². The summed E-state index contributed by atoms with van der Waals surface area (Å²) < 4.78 is 0. The molecule has 0 unspecified atom stereocenters. The van der Waals surface area contributed by atoms with E-state index in [0.29, 0.717) is 6.54 Å². The van der Waals surface area contributed by atoms with Gasteiger partial charge < -0.3 is 5.32 Å². The van der Waals surface area contributed by atoms with Crippen molar-refractivity contribution in [3.63, 3.8) is 0 Å². The van der Waals surface area contributed by atoms with E-state index in [1.54, 1.807) is 18.2 Å². The molecule has 0 heterocycles. The fourth-order valence-corrected chi connectivity index (χ4v) is 1.72. The molecular formula is C16H14N2O3. The molecule has 0 radical (unpaired) electrons. The van der Waals surface area contributed by atoms with Gasteiger partial charge in [0.2, 0.25) is 5.91 Å². The van der Waals surface area contributed by atoms with Gasteiger partial charge in [0.1, 0.15) is 0 Å².